The Morgan fingerprint density at radius 1 is 0.889 bits per heavy atom. The van der Waals surface area contributed by atoms with Gasteiger partial charge in [-0.1, -0.05) is 0 Å². The zero-order valence-corrected chi connectivity index (χ0v) is 12.2. The minimum Gasteiger partial charge on any atom is -0.508 e. The molecule has 0 bridgehead atoms. The molecule has 2 aromatic carbocycles. The van der Waals surface area contributed by atoms with E-state index < -0.39 is 0 Å². The molecule has 0 saturated heterocycles. The van der Waals surface area contributed by atoms with Crippen molar-refractivity contribution in [1.82, 2.24) is 0 Å². The summed E-state index contributed by atoms with van der Waals surface area (Å²) in [4.78, 5) is 12.2. The van der Waals surface area contributed by atoms with Gasteiger partial charge >= 0.3 is 0 Å². The second-order valence-electron chi connectivity index (χ2n) is 3.64. The van der Waals surface area contributed by atoms with Gasteiger partial charge in [0.25, 0.3) is 0 Å². The fourth-order valence-electron chi connectivity index (χ4n) is 1.48. The van der Waals surface area contributed by atoms with E-state index in [9.17, 15) is 15.0 Å². The van der Waals surface area contributed by atoms with E-state index in [2.05, 4.69) is 31.9 Å². The summed E-state index contributed by atoms with van der Waals surface area (Å²) in [5.74, 6) is -0.0239. The van der Waals surface area contributed by atoms with Crippen LogP contribution in [0.2, 0.25) is 0 Å². The number of ketones is 1. The Morgan fingerprint density at radius 3 is 2.11 bits per heavy atom. The molecule has 92 valence electrons. The van der Waals surface area contributed by atoms with Crippen molar-refractivity contribution in [1.29, 1.82) is 0 Å². The second kappa shape index (κ2) is 5.12. The first-order valence-electron chi connectivity index (χ1n) is 5.01. The molecule has 0 aliphatic heterocycles. The lowest BCUT2D eigenvalue weighted by molar-refractivity contribution is 0.103. The molecule has 0 amide bonds. The lowest BCUT2D eigenvalue weighted by Gasteiger charge is -2.07. The molecule has 3 nitrogen and oxygen atoms in total. The van der Waals surface area contributed by atoms with E-state index in [1.165, 1.54) is 18.2 Å². The van der Waals surface area contributed by atoms with Crippen molar-refractivity contribution in [3.63, 3.8) is 0 Å². The normalized spacial score (nSPS) is 10.3. The predicted octanol–water partition coefficient (Wildman–Crippen LogP) is 3.85. The fourth-order valence-corrected chi connectivity index (χ4v) is 2.34. The molecule has 0 aliphatic carbocycles. The van der Waals surface area contributed by atoms with Crippen LogP contribution in [0.25, 0.3) is 0 Å². The topological polar surface area (TPSA) is 57.5 Å². The molecule has 0 aliphatic rings. The lowest BCUT2D eigenvalue weighted by atomic mass is 10.0. The molecular weight excluding hydrogens is 364 g/mol. The van der Waals surface area contributed by atoms with Crippen molar-refractivity contribution in [3.8, 4) is 11.5 Å². The van der Waals surface area contributed by atoms with E-state index in [-0.39, 0.29) is 17.3 Å². The molecule has 0 radical (unpaired) electrons. The van der Waals surface area contributed by atoms with Crippen LogP contribution in [-0.4, -0.2) is 16.0 Å². The van der Waals surface area contributed by atoms with E-state index in [4.69, 9.17) is 0 Å². The van der Waals surface area contributed by atoms with Gasteiger partial charge < -0.3 is 10.2 Å². The molecule has 0 spiro atoms. The maximum Gasteiger partial charge on any atom is 0.194 e. The Morgan fingerprint density at radius 2 is 1.50 bits per heavy atom. The molecule has 0 aromatic heterocycles. The van der Waals surface area contributed by atoms with Gasteiger partial charge in [0, 0.05) is 15.6 Å². The average Bonchev–Trinajstić information content (AvgIpc) is 2.36. The molecule has 2 N–H and O–H groups in total. The average molecular weight is 372 g/mol. The highest BCUT2D eigenvalue weighted by molar-refractivity contribution is 9.13. The van der Waals surface area contributed by atoms with Crippen molar-refractivity contribution in [2.24, 2.45) is 0 Å². The van der Waals surface area contributed by atoms with Crippen molar-refractivity contribution in [2.75, 3.05) is 0 Å². The summed E-state index contributed by atoms with van der Waals surface area (Å²) >= 11 is 6.46. The molecule has 18 heavy (non-hydrogen) atoms. The summed E-state index contributed by atoms with van der Waals surface area (Å²) in [6.45, 7) is 0. The summed E-state index contributed by atoms with van der Waals surface area (Å²) in [6.07, 6.45) is 0. The Balaban J connectivity index is 2.46. The second-order valence-corrected chi connectivity index (χ2v) is 5.22. The fraction of sp³-hybridized carbons (Fsp3) is 0. The molecule has 2 aromatic rings. The van der Waals surface area contributed by atoms with Gasteiger partial charge in [-0.2, -0.15) is 0 Å². The number of phenols is 2. The van der Waals surface area contributed by atoms with Gasteiger partial charge in [0.1, 0.15) is 11.5 Å². The van der Waals surface area contributed by atoms with E-state index in [1.54, 1.807) is 18.2 Å². The molecule has 0 atom stereocenters. The van der Waals surface area contributed by atoms with Gasteiger partial charge in [-0.3, -0.25) is 4.79 Å². The first-order valence-corrected chi connectivity index (χ1v) is 6.60. The number of rotatable bonds is 2. The van der Waals surface area contributed by atoms with Crippen LogP contribution in [0.4, 0.5) is 0 Å². The minimum absolute atomic E-state index is 0.0594. The van der Waals surface area contributed by atoms with Crippen molar-refractivity contribution < 1.29 is 15.0 Å². The number of carbonyl (C=O) groups is 1. The molecule has 0 heterocycles. The molecule has 0 unspecified atom stereocenters. The van der Waals surface area contributed by atoms with Gasteiger partial charge in [0.2, 0.25) is 0 Å². The van der Waals surface area contributed by atoms with Crippen LogP contribution < -0.4 is 0 Å². The third-order valence-corrected chi connectivity index (χ3v) is 4.59. The Kier molecular flexibility index (Phi) is 3.73. The van der Waals surface area contributed by atoms with Crippen LogP contribution in [0, 0.1) is 0 Å². The third-order valence-electron chi connectivity index (χ3n) is 2.44. The zero-order chi connectivity index (χ0) is 13.3. The Bertz CT molecular complexity index is 606. The van der Waals surface area contributed by atoms with Crippen LogP contribution in [0.3, 0.4) is 0 Å². The van der Waals surface area contributed by atoms with Crippen LogP contribution in [-0.2, 0) is 0 Å². The minimum atomic E-state index is -0.192. The largest absolute Gasteiger partial charge is 0.508 e. The molecule has 2 rings (SSSR count). The zero-order valence-electron chi connectivity index (χ0n) is 9.02. The highest BCUT2D eigenvalue weighted by atomic mass is 79.9. The van der Waals surface area contributed by atoms with Gasteiger partial charge in [-0.05, 0) is 68.3 Å². The number of hydrogen-bond acceptors (Lipinski definition) is 3. The van der Waals surface area contributed by atoms with Crippen LogP contribution in [0.15, 0.2) is 45.3 Å². The summed E-state index contributed by atoms with van der Waals surface area (Å²) in [5, 5.41) is 18.7. The summed E-state index contributed by atoms with van der Waals surface area (Å²) in [7, 11) is 0. The summed E-state index contributed by atoms with van der Waals surface area (Å²) in [5.41, 5.74) is 0.899. The molecule has 0 saturated carbocycles. The summed E-state index contributed by atoms with van der Waals surface area (Å²) < 4.78 is 0.938. The molecular formula is C13H8Br2O3. The standard InChI is InChI=1S/C13H8Br2O3/c14-11-9(5-6-10(17)12(11)15)13(18)7-1-3-8(16)4-2-7/h1-6,16-17H. The van der Waals surface area contributed by atoms with Crippen LogP contribution >= 0.6 is 31.9 Å². The van der Waals surface area contributed by atoms with Gasteiger partial charge in [0.15, 0.2) is 5.78 Å². The van der Waals surface area contributed by atoms with Gasteiger partial charge in [-0.15, -0.1) is 0 Å². The number of halogens is 2. The first kappa shape index (κ1) is 13.1. The predicted molar refractivity (Wildman–Crippen MR) is 75.0 cm³/mol. The molecule has 5 heteroatoms. The van der Waals surface area contributed by atoms with E-state index in [0.29, 0.717) is 20.1 Å². The smallest absolute Gasteiger partial charge is 0.194 e. The van der Waals surface area contributed by atoms with Gasteiger partial charge in [-0.25, -0.2) is 0 Å². The number of benzene rings is 2. The Hall–Kier alpha value is -1.33. The van der Waals surface area contributed by atoms with E-state index >= 15 is 0 Å². The van der Waals surface area contributed by atoms with Gasteiger partial charge in [0.05, 0.1) is 4.47 Å². The maximum atomic E-state index is 12.2. The number of phenolic OH excluding ortho intramolecular Hbond substituents is 2. The van der Waals surface area contributed by atoms with E-state index in [0.717, 1.165) is 0 Å². The van der Waals surface area contributed by atoms with Crippen molar-refractivity contribution in [3.05, 3.63) is 56.5 Å². The number of hydrogen-bond donors (Lipinski definition) is 2. The number of carbonyl (C=O) groups excluding carboxylic acids is 1. The highest BCUT2D eigenvalue weighted by Gasteiger charge is 2.16. The van der Waals surface area contributed by atoms with Crippen LogP contribution in [0.5, 0.6) is 11.5 Å². The van der Waals surface area contributed by atoms with E-state index in [1.807, 2.05) is 0 Å². The van der Waals surface area contributed by atoms with Crippen molar-refractivity contribution in [2.45, 2.75) is 0 Å². The first-order chi connectivity index (χ1) is 8.50. The summed E-state index contributed by atoms with van der Waals surface area (Å²) in [6, 6.07) is 8.99. The maximum absolute atomic E-state index is 12.2. The quantitative estimate of drug-likeness (QED) is 0.788. The highest BCUT2D eigenvalue weighted by Crippen LogP contribution is 2.35. The molecule has 0 fully saturated rings. The lowest BCUT2D eigenvalue weighted by Crippen LogP contribution is -2.02. The monoisotopic (exact) mass is 370 g/mol. The third kappa shape index (κ3) is 2.42. The Labute approximate surface area is 120 Å². The van der Waals surface area contributed by atoms with Crippen molar-refractivity contribution >= 4 is 37.6 Å². The number of aromatic hydroxyl groups is 2. The SMILES string of the molecule is O=C(c1ccc(O)cc1)c1ccc(O)c(Br)c1Br. The van der Waals surface area contributed by atoms with Crippen LogP contribution in [0.1, 0.15) is 15.9 Å².